The first-order valence-electron chi connectivity index (χ1n) is 11.0. The fraction of sp³-hybridized carbons (Fsp3) is 0.636. The van der Waals surface area contributed by atoms with Gasteiger partial charge in [0.05, 0.1) is 13.8 Å². The monoisotopic (exact) mass is 415 g/mol. The van der Waals surface area contributed by atoms with Gasteiger partial charge in [0.1, 0.15) is 5.75 Å². The highest BCUT2D eigenvalue weighted by Crippen LogP contribution is 2.22. The Labute approximate surface area is 178 Å². The predicted molar refractivity (Wildman–Crippen MR) is 119 cm³/mol. The molecule has 0 amide bonds. The van der Waals surface area contributed by atoms with E-state index in [1.807, 2.05) is 28.9 Å². The van der Waals surface area contributed by atoms with Crippen LogP contribution in [0.15, 0.2) is 24.3 Å². The van der Waals surface area contributed by atoms with E-state index in [0.717, 1.165) is 42.8 Å². The zero-order valence-electron chi connectivity index (χ0n) is 17.5. The molecule has 0 bridgehead atoms. The number of hydrogen-bond donors (Lipinski definition) is 1. The number of aromatic nitrogens is 3. The zero-order chi connectivity index (χ0) is 20.1. The Morgan fingerprint density at radius 3 is 2.34 bits per heavy atom. The maximum absolute atomic E-state index is 5.50. The Hall–Kier alpha value is -1.70. The van der Waals surface area contributed by atoms with E-state index >= 15 is 0 Å². The number of nitrogens with zero attached hydrogens (tertiary/aromatic N) is 4. The van der Waals surface area contributed by atoms with Crippen molar-refractivity contribution in [2.75, 3.05) is 39.8 Å². The van der Waals surface area contributed by atoms with Crippen LogP contribution < -0.4 is 4.74 Å². The first kappa shape index (κ1) is 20.6. The molecule has 1 aromatic carbocycles. The van der Waals surface area contributed by atoms with Gasteiger partial charge in [0.15, 0.2) is 5.82 Å². The third kappa shape index (κ3) is 5.47. The molecule has 3 heterocycles. The highest BCUT2D eigenvalue weighted by molar-refractivity contribution is 7.71. The van der Waals surface area contributed by atoms with Crippen LogP contribution in [0.3, 0.4) is 0 Å². The summed E-state index contributed by atoms with van der Waals surface area (Å²) < 4.78 is 7.83. The van der Waals surface area contributed by atoms with Gasteiger partial charge in [-0.05, 0) is 81.2 Å². The number of nitrogens with one attached hydrogen (secondary N) is 1. The number of ether oxygens (including phenoxy) is 1. The summed E-state index contributed by atoms with van der Waals surface area (Å²) in [6.07, 6.45) is 8.16. The fourth-order valence-corrected chi connectivity index (χ4v) is 4.72. The van der Waals surface area contributed by atoms with E-state index in [2.05, 4.69) is 19.9 Å². The largest absolute Gasteiger partial charge is 0.497 e. The van der Waals surface area contributed by atoms with E-state index in [9.17, 15) is 0 Å². The molecule has 4 rings (SSSR count). The quantitative estimate of drug-likeness (QED) is 0.718. The van der Waals surface area contributed by atoms with E-state index in [1.165, 1.54) is 58.2 Å². The first-order valence-corrected chi connectivity index (χ1v) is 11.4. The van der Waals surface area contributed by atoms with Gasteiger partial charge in [-0.25, -0.2) is 4.68 Å². The Morgan fingerprint density at radius 1 is 1.00 bits per heavy atom. The molecule has 0 unspecified atom stereocenters. The molecule has 29 heavy (non-hydrogen) atoms. The van der Waals surface area contributed by atoms with Crippen LogP contribution in [0.25, 0.3) is 11.4 Å². The molecule has 158 valence electrons. The van der Waals surface area contributed by atoms with Crippen molar-refractivity contribution in [3.63, 3.8) is 0 Å². The second-order valence-electron chi connectivity index (χ2n) is 8.43. The van der Waals surface area contributed by atoms with Gasteiger partial charge < -0.3 is 9.64 Å². The molecule has 2 fully saturated rings. The minimum atomic E-state index is 0.613. The van der Waals surface area contributed by atoms with E-state index in [4.69, 9.17) is 17.0 Å². The van der Waals surface area contributed by atoms with Crippen molar-refractivity contribution < 1.29 is 4.74 Å². The number of likely N-dealkylation sites (tertiary alicyclic amines) is 2. The smallest absolute Gasteiger partial charge is 0.217 e. The summed E-state index contributed by atoms with van der Waals surface area (Å²) in [6, 6.07) is 7.90. The molecule has 7 heteroatoms. The zero-order valence-corrected chi connectivity index (χ0v) is 18.3. The molecule has 2 saturated heterocycles. The Morgan fingerprint density at radius 2 is 1.69 bits per heavy atom. The van der Waals surface area contributed by atoms with E-state index < -0.39 is 0 Å². The maximum atomic E-state index is 5.50. The van der Waals surface area contributed by atoms with Crippen LogP contribution >= 0.6 is 12.2 Å². The molecule has 0 atom stereocenters. The first-order chi connectivity index (χ1) is 14.2. The van der Waals surface area contributed by atoms with Crippen molar-refractivity contribution in [1.29, 1.82) is 0 Å². The van der Waals surface area contributed by atoms with Crippen molar-refractivity contribution in [2.45, 2.75) is 45.2 Å². The van der Waals surface area contributed by atoms with E-state index in [-0.39, 0.29) is 0 Å². The average molecular weight is 416 g/mol. The molecule has 1 aromatic heterocycles. The molecule has 0 saturated carbocycles. The second-order valence-corrected chi connectivity index (χ2v) is 8.79. The Bertz CT molecular complexity index is 814. The molecule has 2 aliphatic rings. The van der Waals surface area contributed by atoms with Gasteiger partial charge in [0.25, 0.3) is 0 Å². The number of methoxy groups -OCH3 is 1. The number of benzene rings is 1. The third-order valence-corrected chi connectivity index (χ3v) is 6.62. The number of aromatic amines is 1. The number of rotatable bonds is 6. The average Bonchev–Trinajstić information content (AvgIpc) is 2.94. The molecule has 0 spiro atoms. The lowest BCUT2D eigenvalue weighted by molar-refractivity contribution is 0.116. The van der Waals surface area contributed by atoms with Crippen LogP contribution in [0, 0.1) is 10.7 Å². The minimum absolute atomic E-state index is 0.613. The van der Waals surface area contributed by atoms with Crippen LogP contribution in [0.5, 0.6) is 5.75 Å². The third-order valence-electron chi connectivity index (χ3n) is 6.31. The minimum Gasteiger partial charge on any atom is -0.497 e. The molecule has 1 N–H and O–H groups in total. The maximum Gasteiger partial charge on any atom is 0.217 e. The normalized spacial score (nSPS) is 19.9. The van der Waals surface area contributed by atoms with Gasteiger partial charge in [-0.1, -0.05) is 12.8 Å². The SMILES string of the molecule is COc1ccc(-c2nc(=S)n(CN3CCC(CN4CCCCCC4)CC3)[nH]2)cc1. The molecule has 2 aromatic rings. The summed E-state index contributed by atoms with van der Waals surface area (Å²) in [6.45, 7) is 6.96. The number of piperidine rings is 1. The topological polar surface area (TPSA) is 49.3 Å². The lowest BCUT2D eigenvalue weighted by atomic mass is 9.96. The van der Waals surface area contributed by atoms with Gasteiger partial charge in [-0.2, -0.15) is 4.98 Å². The van der Waals surface area contributed by atoms with Crippen molar-refractivity contribution in [2.24, 2.45) is 5.92 Å². The van der Waals surface area contributed by atoms with Crippen LogP contribution in [0.2, 0.25) is 0 Å². The molecule has 6 nitrogen and oxygen atoms in total. The molecule has 2 aliphatic heterocycles. The second kappa shape index (κ2) is 9.87. The Balaban J connectivity index is 1.30. The van der Waals surface area contributed by atoms with Crippen molar-refractivity contribution in [3.8, 4) is 17.1 Å². The summed E-state index contributed by atoms with van der Waals surface area (Å²) in [5.74, 6) is 2.50. The van der Waals surface area contributed by atoms with Crippen molar-refractivity contribution in [1.82, 2.24) is 24.6 Å². The van der Waals surface area contributed by atoms with E-state index in [1.54, 1.807) is 7.11 Å². The predicted octanol–water partition coefficient (Wildman–Crippen LogP) is 4.16. The van der Waals surface area contributed by atoms with Crippen molar-refractivity contribution >= 4 is 12.2 Å². The molecule has 0 radical (unpaired) electrons. The molecular weight excluding hydrogens is 382 g/mol. The van der Waals surface area contributed by atoms with Gasteiger partial charge in [-0.3, -0.25) is 10.00 Å². The summed E-state index contributed by atoms with van der Waals surface area (Å²) in [7, 11) is 1.67. The highest BCUT2D eigenvalue weighted by Gasteiger charge is 2.22. The fourth-order valence-electron chi connectivity index (χ4n) is 4.52. The summed E-state index contributed by atoms with van der Waals surface area (Å²) in [4.78, 5) is 9.75. The molecule has 0 aliphatic carbocycles. The van der Waals surface area contributed by atoms with Gasteiger partial charge in [-0.15, -0.1) is 0 Å². The summed E-state index contributed by atoms with van der Waals surface area (Å²) in [5, 5.41) is 3.38. The number of H-pyrrole nitrogens is 1. The van der Waals surface area contributed by atoms with E-state index in [0.29, 0.717) is 4.77 Å². The lowest BCUT2D eigenvalue weighted by Gasteiger charge is -2.34. The highest BCUT2D eigenvalue weighted by atomic mass is 32.1. The van der Waals surface area contributed by atoms with Crippen molar-refractivity contribution in [3.05, 3.63) is 29.0 Å². The summed E-state index contributed by atoms with van der Waals surface area (Å²) in [5.41, 5.74) is 1.02. The molecular formula is C22H33N5OS. The Kier molecular flexibility index (Phi) is 7.00. The van der Waals surface area contributed by atoms with Gasteiger partial charge in [0, 0.05) is 25.2 Å². The van der Waals surface area contributed by atoms with Crippen LogP contribution in [0.1, 0.15) is 38.5 Å². The van der Waals surface area contributed by atoms with Crippen LogP contribution in [-0.2, 0) is 6.67 Å². The number of hydrogen-bond acceptors (Lipinski definition) is 5. The van der Waals surface area contributed by atoms with Crippen LogP contribution in [0.4, 0.5) is 0 Å². The lowest BCUT2D eigenvalue weighted by Crippen LogP contribution is -2.39. The summed E-state index contributed by atoms with van der Waals surface area (Å²) >= 11 is 5.50. The van der Waals surface area contributed by atoms with Crippen LogP contribution in [-0.4, -0.2) is 64.4 Å². The van der Waals surface area contributed by atoms with Gasteiger partial charge in [0.2, 0.25) is 4.77 Å². The van der Waals surface area contributed by atoms with Gasteiger partial charge >= 0.3 is 0 Å². The standard InChI is InChI=1S/C22H33N5OS/c1-28-20-8-6-19(7-9-20)21-23-22(29)27(24-21)17-26-14-10-18(11-15-26)16-25-12-4-2-3-5-13-25/h6-9,18H,2-5,10-17H2,1H3,(H,23,24,29).